The van der Waals surface area contributed by atoms with Crippen molar-refractivity contribution in [1.29, 1.82) is 0 Å². The molecule has 1 aromatic carbocycles. The normalized spacial score (nSPS) is 13.6. The van der Waals surface area contributed by atoms with Gasteiger partial charge in [-0.05, 0) is 30.5 Å². The number of halogens is 3. The predicted octanol–water partition coefficient (Wildman–Crippen LogP) is 3.79. The van der Waals surface area contributed by atoms with Crippen LogP contribution in [0.5, 0.6) is 0 Å². The van der Waals surface area contributed by atoms with E-state index in [0.717, 1.165) is 17.7 Å². The molecule has 0 amide bonds. The molecule has 0 heterocycles. The zero-order chi connectivity index (χ0) is 12.3. The van der Waals surface area contributed by atoms with Crippen molar-refractivity contribution < 1.29 is 18.0 Å². The molecule has 0 spiro atoms. The van der Waals surface area contributed by atoms with E-state index in [9.17, 15) is 18.0 Å². The van der Waals surface area contributed by atoms with Crippen molar-refractivity contribution in [3.8, 4) is 0 Å². The van der Waals surface area contributed by atoms with Crippen LogP contribution in [0.25, 0.3) is 0 Å². The maximum Gasteiger partial charge on any atom is 0.416 e. The third-order valence-electron chi connectivity index (χ3n) is 2.40. The number of alkyl halides is 3. The molecule has 0 bridgehead atoms. The van der Waals surface area contributed by atoms with Gasteiger partial charge in [-0.2, -0.15) is 13.2 Å². The Morgan fingerprint density at radius 1 is 1.25 bits per heavy atom. The van der Waals surface area contributed by atoms with Crippen LogP contribution in [-0.2, 0) is 11.0 Å². The highest BCUT2D eigenvalue weighted by Gasteiger charge is 2.30. The van der Waals surface area contributed by atoms with Crippen molar-refractivity contribution in [2.75, 3.05) is 0 Å². The highest BCUT2D eigenvalue weighted by Crippen LogP contribution is 2.30. The van der Waals surface area contributed by atoms with Crippen LogP contribution in [0.2, 0.25) is 0 Å². The molecule has 0 saturated carbocycles. The molecule has 0 aliphatic heterocycles. The fraction of sp³-hybridized carbons (Fsp3) is 0.417. The van der Waals surface area contributed by atoms with Gasteiger partial charge >= 0.3 is 6.18 Å². The number of benzene rings is 1. The molecule has 0 unspecified atom stereocenters. The largest absolute Gasteiger partial charge is 0.416 e. The molecule has 0 N–H and O–H groups in total. The minimum Gasteiger partial charge on any atom is -0.300 e. The molecule has 88 valence electrons. The quantitative estimate of drug-likeness (QED) is 0.772. The van der Waals surface area contributed by atoms with E-state index in [4.69, 9.17) is 0 Å². The summed E-state index contributed by atoms with van der Waals surface area (Å²) < 4.78 is 36.8. The first-order chi connectivity index (χ1) is 7.30. The predicted molar refractivity (Wildman–Crippen MR) is 55.2 cm³/mol. The maximum absolute atomic E-state index is 12.3. The molecule has 1 nitrogen and oxygen atoms in total. The molecule has 0 aromatic heterocycles. The van der Waals surface area contributed by atoms with Crippen LogP contribution in [0, 0.1) is 0 Å². The highest BCUT2D eigenvalue weighted by atomic mass is 19.4. The first-order valence-electron chi connectivity index (χ1n) is 4.97. The number of hydrogen-bond acceptors (Lipinski definition) is 1. The summed E-state index contributed by atoms with van der Waals surface area (Å²) in [4.78, 5) is 10.9. The third kappa shape index (κ3) is 3.36. The van der Waals surface area contributed by atoms with Gasteiger partial charge < -0.3 is 4.79 Å². The Hall–Kier alpha value is -1.32. The summed E-state index contributed by atoms with van der Waals surface area (Å²) >= 11 is 0. The van der Waals surface area contributed by atoms with Crippen LogP contribution >= 0.6 is 0 Å². The van der Waals surface area contributed by atoms with Crippen molar-refractivity contribution in [1.82, 2.24) is 0 Å². The van der Waals surface area contributed by atoms with E-state index >= 15 is 0 Å². The van der Waals surface area contributed by atoms with E-state index in [-0.39, 0.29) is 11.7 Å². The van der Waals surface area contributed by atoms with Crippen LogP contribution in [0.15, 0.2) is 24.3 Å². The lowest BCUT2D eigenvalue weighted by Crippen LogP contribution is -2.05. The van der Waals surface area contributed by atoms with Gasteiger partial charge in [0.2, 0.25) is 0 Å². The fourth-order valence-corrected chi connectivity index (χ4v) is 1.55. The van der Waals surface area contributed by atoms with Crippen LogP contribution < -0.4 is 0 Å². The number of hydrogen-bond donors (Lipinski definition) is 0. The Bertz CT molecular complexity index is 365. The van der Waals surface area contributed by atoms with Gasteiger partial charge in [-0.3, -0.25) is 0 Å². The van der Waals surface area contributed by atoms with E-state index in [2.05, 4.69) is 0 Å². The minimum atomic E-state index is -4.30. The Balaban J connectivity index is 2.83. The molecular weight excluding hydrogens is 217 g/mol. The molecular formula is C12H13F3O. The summed E-state index contributed by atoms with van der Waals surface area (Å²) in [6.45, 7) is 3.30. The summed E-state index contributed by atoms with van der Waals surface area (Å²) in [6.07, 6.45) is -3.95. The van der Waals surface area contributed by atoms with Crippen LogP contribution in [0.1, 0.15) is 37.3 Å². The lowest BCUT2D eigenvalue weighted by Gasteiger charge is -2.11. The van der Waals surface area contributed by atoms with Gasteiger partial charge in [0.15, 0.2) is 0 Å². The Morgan fingerprint density at radius 2 is 1.75 bits per heavy atom. The summed E-state index contributed by atoms with van der Waals surface area (Å²) in [5.74, 6) is -0.00724. The molecule has 1 rings (SSSR count). The first-order valence-corrected chi connectivity index (χ1v) is 4.97. The Kier molecular flexibility index (Phi) is 3.73. The topological polar surface area (TPSA) is 17.1 Å². The van der Waals surface area contributed by atoms with Crippen molar-refractivity contribution in [2.24, 2.45) is 0 Å². The molecule has 0 aliphatic carbocycles. The number of carbonyl (C=O) groups excluding carboxylic acids is 1. The molecule has 4 heteroatoms. The SMILES string of the molecule is CC(=O)C[C@H](C)c1ccc(C(F)(F)F)cc1. The summed E-state index contributed by atoms with van der Waals surface area (Å²) in [6, 6.07) is 4.95. The molecule has 0 saturated heterocycles. The Labute approximate surface area is 92.3 Å². The molecule has 1 aromatic rings. The molecule has 0 radical (unpaired) electrons. The lowest BCUT2D eigenvalue weighted by atomic mass is 9.95. The second-order valence-electron chi connectivity index (χ2n) is 3.93. The number of Topliss-reactive ketones (excluding diaryl/α,β-unsaturated/α-hetero) is 1. The van der Waals surface area contributed by atoms with Gasteiger partial charge in [-0.1, -0.05) is 19.1 Å². The van der Waals surface area contributed by atoms with Gasteiger partial charge in [-0.15, -0.1) is 0 Å². The second kappa shape index (κ2) is 4.68. The van der Waals surface area contributed by atoms with Gasteiger partial charge in [0.1, 0.15) is 5.78 Å². The average molecular weight is 230 g/mol. The fourth-order valence-electron chi connectivity index (χ4n) is 1.55. The molecule has 16 heavy (non-hydrogen) atoms. The van der Waals surface area contributed by atoms with Crippen LogP contribution in [0.4, 0.5) is 13.2 Å². The van der Waals surface area contributed by atoms with Gasteiger partial charge in [0.05, 0.1) is 5.56 Å². The van der Waals surface area contributed by atoms with E-state index in [1.54, 1.807) is 0 Å². The van der Waals surface area contributed by atoms with E-state index < -0.39 is 11.7 Å². The lowest BCUT2D eigenvalue weighted by molar-refractivity contribution is -0.137. The first kappa shape index (κ1) is 12.7. The van der Waals surface area contributed by atoms with Crippen molar-refractivity contribution in [3.63, 3.8) is 0 Å². The molecule has 0 fully saturated rings. The van der Waals surface area contributed by atoms with Crippen LogP contribution in [-0.4, -0.2) is 5.78 Å². The highest BCUT2D eigenvalue weighted by molar-refractivity contribution is 5.76. The van der Waals surface area contributed by atoms with E-state index in [1.165, 1.54) is 19.1 Å². The van der Waals surface area contributed by atoms with Crippen molar-refractivity contribution in [2.45, 2.75) is 32.4 Å². The number of rotatable bonds is 3. The summed E-state index contributed by atoms with van der Waals surface area (Å²) in [5.41, 5.74) is 0.0921. The summed E-state index contributed by atoms with van der Waals surface area (Å²) in [7, 11) is 0. The van der Waals surface area contributed by atoms with Crippen LogP contribution in [0.3, 0.4) is 0 Å². The average Bonchev–Trinajstić information content (AvgIpc) is 2.15. The van der Waals surface area contributed by atoms with Gasteiger partial charge in [-0.25, -0.2) is 0 Å². The number of ketones is 1. The van der Waals surface area contributed by atoms with Gasteiger partial charge in [0, 0.05) is 6.42 Å². The van der Waals surface area contributed by atoms with E-state index in [0.29, 0.717) is 6.42 Å². The maximum atomic E-state index is 12.3. The smallest absolute Gasteiger partial charge is 0.300 e. The number of carbonyl (C=O) groups is 1. The van der Waals surface area contributed by atoms with Crippen molar-refractivity contribution in [3.05, 3.63) is 35.4 Å². The zero-order valence-corrected chi connectivity index (χ0v) is 9.14. The molecule has 0 aliphatic rings. The Morgan fingerprint density at radius 3 is 2.12 bits per heavy atom. The van der Waals surface area contributed by atoms with Gasteiger partial charge in [0.25, 0.3) is 0 Å². The van der Waals surface area contributed by atoms with Crippen molar-refractivity contribution >= 4 is 5.78 Å². The molecule has 1 atom stereocenters. The third-order valence-corrected chi connectivity index (χ3v) is 2.40. The second-order valence-corrected chi connectivity index (χ2v) is 3.93. The summed E-state index contributed by atoms with van der Waals surface area (Å²) in [5, 5.41) is 0. The van der Waals surface area contributed by atoms with E-state index in [1.807, 2.05) is 6.92 Å². The minimum absolute atomic E-state index is 0.0346. The zero-order valence-electron chi connectivity index (χ0n) is 9.14. The standard InChI is InChI=1S/C12H13F3O/c1-8(7-9(2)16)10-3-5-11(6-4-10)12(13,14)15/h3-6,8H,7H2,1-2H3/t8-/m0/s1. The monoisotopic (exact) mass is 230 g/mol.